The largest absolute Gasteiger partial charge is 0.598 e. The van der Waals surface area contributed by atoms with Gasteiger partial charge in [0.05, 0.1) is 29.7 Å². The summed E-state index contributed by atoms with van der Waals surface area (Å²) < 4.78 is 34.0. The fourth-order valence-corrected chi connectivity index (χ4v) is 4.94. The Kier molecular flexibility index (Phi) is 8.90. The zero-order valence-corrected chi connectivity index (χ0v) is 21.6. The number of carboxylic acid groups (broad SMARTS) is 1. The molecule has 170 valence electrons. The molecule has 1 heterocycles. The van der Waals surface area contributed by atoms with Crippen LogP contribution in [0.15, 0.2) is 0 Å². The van der Waals surface area contributed by atoms with Gasteiger partial charge in [-0.25, -0.2) is 0 Å². The normalized spacial score (nSPS) is 22.4. The minimum absolute atomic E-state index is 0.0529. The number of aliphatic carboxylic acids is 1. The summed E-state index contributed by atoms with van der Waals surface area (Å²) in [6, 6.07) is 0. The van der Waals surface area contributed by atoms with E-state index in [9.17, 15) is 14.5 Å². The van der Waals surface area contributed by atoms with Crippen molar-refractivity contribution in [3.05, 3.63) is 0 Å². The molecule has 29 heavy (non-hydrogen) atoms. The maximum Gasteiger partial charge on any atom is 0.480 e. The van der Waals surface area contributed by atoms with Crippen LogP contribution in [0.2, 0.25) is 19.6 Å². The van der Waals surface area contributed by atoms with Gasteiger partial charge in [0, 0.05) is 11.4 Å². The molecule has 1 aliphatic heterocycles. The third-order valence-electron chi connectivity index (χ3n) is 5.14. The number of nitrogens with one attached hydrogen (secondary N) is 1. The first-order chi connectivity index (χ1) is 12.8. The molecule has 0 unspecified atom stereocenters. The van der Waals surface area contributed by atoms with Crippen LogP contribution in [0.25, 0.3) is 0 Å². The molecule has 1 aliphatic rings. The van der Waals surface area contributed by atoms with Crippen LogP contribution in [0.1, 0.15) is 67.7 Å². The lowest BCUT2D eigenvalue weighted by Gasteiger charge is -2.32. The molecule has 1 fully saturated rings. The smallest absolute Gasteiger partial charge is 0.480 e. The molecule has 10 heteroatoms. The Morgan fingerprint density at radius 1 is 1.17 bits per heavy atom. The Morgan fingerprint density at radius 2 is 1.66 bits per heavy atom. The van der Waals surface area contributed by atoms with Gasteiger partial charge in [-0.1, -0.05) is 0 Å². The van der Waals surface area contributed by atoms with E-state index in [0.717, 1.165) is 0 Å². The fraction of sp³-hybridized carbons (Fsp3) is 0.947. The van der Waals surface area contributed by atoms with Crippen molar-refractivity contribution in [2.75, 3.05) is 0 Å². The summed E-state index contributed by atoms with van der Waals surface area (Å²) in [5, 5.41) is 9.27. The third-order valence-corrected chi connectivity index (χ3v) is 7.81. The first kappa shape index (κ1) is 26.9. The molecular formula is C19H40BNO6SSi. The number of hydrogen-bond donors (Lipinski definition) is 2. The molecule has 1 rings (SSSR count). The van der Waals surface area contributed by atoms with Gasteiger partial charge in [0.2, 0.25) is 0 Å². The Labute approximate surface area is 181 Å². The SMILES string of the molecule is CC(C)(C)[S@@+]([O-])N[C@@H](CC[C@@H](CC(=O)O)O[Si](C)(C)C)B1OC(C)(C)C(C)(C)O1. The predicted octanol–water partition coefficient (Wildman–Crippen LogP) is 3.51. The summed E-state index contributed by atoms with van der Waals surface area (Å²) in [5.74, 6) is -1.23. The Balaban J connectivity index is 2.97. The minimum atomic E-state index is -1.90. The van der Waals surface area contributed by atoms with E-state index in [4.69, 9.17) is 13.7 Å². The highest BCUT2D eigenvalue weighted by Gasteiger charge is 2.55. The van der Waals surface area contributed by atoms with Gasteiger partial charge >= 0.3 is 13.1 Å². The van der Waals surface area contributed by atoms with Gasteiger partial charge in [0.15, 0.2) is 8.32 Å². The summed E-state index contributed by atoms with van der Waals surface area (Å²) >= 11 is -1.32. The second-order valence-electron chi connectivity index (χ2n) is 10.8. The van der Waals surface area contributed by atoms with Crippen LogP contribution in [0.5, 0.6) is 0 Å². The number of carbonyl (C=O) groups is 1. The summed E-state index contributed by atoms with van der Waals surface area (Å²) in [4.78, 5) is 11.3. The van der Waals surface area contributed by atoms with E-state index in [2.05, 4.69) is 4.72 Å². The molecule has 1 saturated heterocycles. The standard InChI is InChI=1S/C19H40BNO6SSi/c1-17(2,3)28(24)21-15(20-26-18(4,5)19(6,7)27-20)12-11-14(13-16(22)23)25-29(8,9)10/h14-15,21H,11-13H2,1-10H3,(H,22,23)/t14-,15-,28+/m0/s1. The molecule has 0 bridgehead atoms. The van der Waals surface area contributed by atoms with Crippen molar-refractivity contribution in [2.24, 2.45) is 0 Å². The Bertz CT molecular complexity index is 548. The molecule has 0 saturated carbocycles. The van der Waals surface area contributed by atoms with Crippen molar-refractivity contribution in [3.63, 3.8) is 0 Å². The second-order valence-corrected chi connectivity index (χ2v) is 17.2. The molecular weight excluding hydrogens is 409 g/mol. The van der Waals surface area contributed by atoms with Crippen LogP contribution in [0.4, 0.5) is 0 Å². The summed E-state index contributed by atoms with van der Waals surface area (Å²) in [7, 11) is -2.48. The second kappa shape index (κ2) is 9.58. The van der Waals surface area contributed by atoms with Crippen LogP contribution in [-0.4, -0.2) is 59.1 Å². The van der Waals surface area contributed by atoms with Crippen molar-refractivity contribution in [1.29, 1.82) is 0 Å². The van der Waals surface area contributed by atoms with E-state index in [1.54, 1.807) is 0 Å². The highest BCUT2D eigenvalue weighted by atomic mass is 32.2. The summed E-state index contributed by atoms with van der Waals surface area (Å²) in [6.07, 6.45) is 0.595. The lowest BCUT2D eigenvalue weighted by Crippen LogP contribution is -2.52. The summed E-state index contributed by atoms with van der Waals surface area (Å²) in [6.45, 7) is 19.7. The maximum absolute atomic E-state index is 12.8. The Hall–Kier alpha value is -0.0982. The first-order valence-electron chi connectivity index (χ1n) is 10.3. The molecule has 0 aromatic heterocycles. The molecule has 7 nitrogen and oxygen atoms in total. The molecule has 0 spiro atoms. The topological polar surface area (TPSA) is 100 Å². The van der Waals surface area contributed by atoms with Crippen molar-refractivity contribution in [1.82, 2.24) is 4.72 Å². The zero-order chi connectivity index (χ0) is 22.8. The van der Waals surface area contributed by atoms with Crippen molar-refractivity contribution < 1.29 is 28.2 Å². The van der Waals surface area contributed by atoms with Crippen LogP contribution >= 0.6 is 0 Å². The van der Waals surface area contributed by atoms with Gasteiger partial charge in [-0.15, -0.1) is 4.72 Å². The van der Waals surface area contributed by atoms with E-state index < -0.39 is 54.8 Å². The number of hydrogen-bond acceptors (Lipinski definition) is 6. The monoisotopic (exact) mass is 449 g/mol. The maximum atomic E-state index is 12.8. The van der Waals surface area contributed by atoms with Crippen molar-refractivity contribution in [2.45, 2.75) is 115 Å². The van der Waals surface area contributed by atoms with Gasteiger partial charge in [-0.2, -0.15) is 0 Å². The van der Waals surface area contributed by atoms with Crippen LogP contribution in [-0.2, 0) is 29.9 Å². The molecule has 0 aromatic carbocycles. The molecule has 0 aliphatic carbocycles. The molecule has 0 aromatic rings. The van der Waals surface area contributed by atoms with Gasteiger partial charge in [-0.05, 0) is 80.9 Å². The number of rotatable bonds is 10. The summed E-state index contributed by atoms with van der Waals surface area (Å²) in [5.41, 5.74) is -1.01. The van der Waals surface area contributed by atoms with Crippen LogP contribution in [0, 0.1) is 0 Å². The van der Waals surface area contributed by atoms with E-state index in [0.29, 0.717) is 12.8 Å². The third kappa shape index (κ3) is 8.51. The lowest BCUT2D eigenvalue weighted by atomic mass is 9.76. The van der Waals surface area contributed by atoms with Gasteiger partial charge in [-0.3, -0.25) is 4.79 Å². The highest BCUT2D eigenvalue weighted by molar-refractivity contribution is 7.90. The van der Waals surface area contributed by atoms with E-state index in [-0.39, 0.29) is 12.4 Å². The average molecular weight is 449 g/mol. The predicted molar refractivity (Wildman–Crippen MR) is 121 cm³/mol. The van der Waals surface area contributed by atoms with E-state index in [1.165, 1.54) is 0 Å². The zero-order valence-electron chi connectivity index (χ0n) is 19.8. The van der Waals surface area contributed by atoms with Gasteiger partial charge < -0.3 is 23.4 Å². The minimum Gasteiger partial charge on any atom is -0.598 e. The molecule has 2 N–H and O–H groups in total. The average Bonchev–Trinajstić information content (AvgIpc) is 2.67. The molecule has 0 radical (unpaired) electrons. The Morgan fingerprint density at radius 3 is 2.03 bits per heavy atom. The van der Waals surface area contributed by atoms with Crippen molar-refractivity contribution >= 4 is 32.8 Å². The van der Waals surface area contributed by atoms with Crippen LogP contribution < -0.4 is 4.72 Å². The number of carboxylic acids is 1. The quantitative estimate of drug-likeness (QED) is 0.389. The molecule has 3 atom stereocenters. The van der Waals surface area contributed by atoms with Crippen molar-refractivity contribution in [3.8, 4) is 0 Å². The lowest BCUT2D eigenvalue weighted by molar-refractivity contribution is -0.139. The van der Waals surface area contributed by atoms with Gasteiger partial charge in [0.1, 0.15) is 4.75 Å². The van der Waals surface area contributed by atoms with E-state index in [1.807, 2.05) is 68.1 Å². The fourth-order valence-electron chi connectivity index (χ4n) is 2.88. The van der Waals surface area contributed by atoms with E-state index >= 15 is 0 Å². The highest BCUT2D eigenvalue weighted by Crippen LogP contribution is 2.38. The molecule has 0 amide bonds. The van der Waals surface area contributed by atoms with Gasteiger partial charge in [0.25, 0.3) is 0 Å². The van der Waals surface area contributed by atoms with Crippen LogP contribution in [0.3, 0.4) is 0 Å². The first-order valence-corrected chi connectivity index (χ1v) is 14.8.